The molecule has 2 aromatic carbocycles. The van der Waals surface area contributed by atoms with Gasteiger partial charge < -0.3 is 9.84 Å². The van der Waals surface area contributed by atoms with Gasteiger partial charge in [-0.3, -0.25) is 4.79 Å². The number of carbonyl (C=O) groups is 1. The first-order valence-electron chi connectivity index (χ1n) is 8.27. The summed E-state index contributed by atoms with van der Waals surface area (Å²) in [7, 11) is 0. The number of ether oxygens (including phenoxy) is 1. The summed E-state index contributed by atoms with van der Waals surface area (Å²) in [5.41, 5.74) is -0.266. The topological polar surface area (TPSA) is 70.3 Å². The van der Waals surface area contributed by atoms with Crippen LogP contribution in [0.25, 0.3) is 0 Å². The van der Waals surface area contributed by atoms with Gasteiger partial charge in [0.25, 0.3) is 0 Å². The molecule has 0 spiro atoms. The first-order valence-corrected chi connectivity index (χ1v) is 9.59. The maximum Gasteiger partial charge on any atom is 0.322 e. The molecule has 4 unspecified atom stereocenters. The highest BCUT2D eigenvalue weighted by Gasteiger charge is 2.60. The third-order valence-electron chi connectivity index (χ3n) is 4.53. The van der Waals surface area contributed by atoms with Crippen molar-refractivity contribution in [2.24, 2.45) is 5.92 Å². The molecule has 26 heavy (non-hydrogen) atoms. The second-order valence-corrected chi connectivity index (χ2v) is 7.73. The summed E-state index contributed by atoms with van der Waals surface area (Å²) in [4.78, 5) is 12.6. The molecule has 1 aliphatic rings. The summed E-state index contributed by atoms with van der Waals surface area (Å²) < 4.78 is 5.19. The molecule has 4 nitrogen and oxygen atoms in total. The van der Waals surface area contributed by atoms with Gasteiger partial charge in [0.1, 0.15) is 10.9 Å². The van der Waals surface area contributed by atoms with Crippen molar-refractivity contribution in [3.63, 3.8) is 0 Å². The maximum absolute atomic E-state index is 12.6. The Balaban J connectivity index is 2.10. The second kappa shape index (κ2) is 7.71. The molecule has 0 bridgehead atoms. The molecule has 0 aromatic heterocycles. The van der Waals surface area contributed by atoms with Gasteiger partial charge in [-0.05, 0) is 30.2 Å². The lowest BCUT2D eigenvalue weighted by atomic mass is 9.76. The molecule has 1 saturated heterocycles. The van der Waals surface area contributed by atoms with Crippen molar-refractivity contribution in [3.05, 3.63) is 70.7 Å². The predicted octanol–water partition coefficient (Wildman–Crippen LogP) is 4.09. The van der Waals surface area contributed by atoms with Crippen LogP contribution in [0.4, 0.5) is 0 Å². The molecular formula is C20H18ClNO3S. The normalized spacial score (nSPS) is 27.7. The lowest BCUT2D eigenvalue weighted by Gasteiger charge is -2.31. The Morgan fingerprint density at radius 3 is 2.50 bits per heavy atom. The van der Waals surface area contributed by atoms with Crippen LogP contribution in [-0.2, 0) is 15.1 Å². The van der Waals surface area contributed by atoms with Crippen molar-refractivity contribution in [1.82, 2.24) is 0 Å². The van der Waals surface area contributed by atoms with Gasteiger partial charge in [-0.1, -0.05) is 54.1 Å². The first-order chi connectivity index (χ1) is 12.5. The van der Waals surface area contributed by atoms with Crippen LogP contribution in [0.5, 0.6) is 0 Å². The van der Waals surface area contributed by atoms with E-state index in [9.17, 15) is 15.2 Å². The number of nitriles is 1. The zero-order chi connectivity index (χ0) is 18.7. The summed E-state index contributed by atoms with van der Waals surface area (Å²) in [5, 5.41) is 20.8. The molecule has 134 valence electrons. The number of carbonyl (C=O) groups excluding carboxylic acids is 1. The Labute approximate surface area is 161 Å². The van der Waals surface area contributed by atoms with Gasteiger partial charge in [-0.2, -0.15) is 5.26 Å². The predicted molar refractivity (Wildman–Crippen MR) is 102 cm³/mol. The molecule has 0 aliphatic carbocycles. The monoisotopic (exact) mass is 387 g/mol. The van der Waals surface area contributed by atoms with E-state index in [0.29, 0.717) is 10.6 Å². The standard InChI is InChI=1S/C20H18ClNO3S/c1-2-25-19(23)18-20(24,14-6-4-3-5-7-14)16(12-22)17(26-18)13-8-10-15(21)11-9-13/h3-11,16-18,24H,2H2,1H3. The maximum atomic E-state index is 12.6. The van der Waals surface area contributed by atoms with E-state index in [1.807, 2.05) is 18.2 Å². The minimum Gasteiger partial charge on any atom is -0.465 e. The fraction of sp³-hybridized carbons (Fsp3) is 0.300. The molecule has 1 N–H and O–H groups in total. The molecule has 4 atom stereocenters. The van der Waals surface area contributed by atoms with Crippen LogP contribution in [0.15, 0.2) is 54.6 Å². The van der Waals surface area contributed by atoms with E-state index in [4.69, 9.17) is 16.3 Å². The number of rotatable bonds is 4. The molecule has 1 fully saturated rings. The third kappa shape index (κ3) is 3.21. The number of aliphatic hydroxyl groups is 1. The Kier molecular flexibility index (Phi) is 5.57. The van der Waals surface area contributed by atoms with Crippen molar-refractivity contribution in [2.75, 3.05) is 6.61 Å². The lowest BCUT2D eigenvalue weighted by Crippen LogP contribution is -2.44. The molecule has 2 aromatic rings. The Hall–Kier alpha value is -2.00. The minimum atomic E-state index is -1.64. The van der Waals surface area contributed by atoms with E-state index in [0.717, 1.165) is 5.56 Å². The number of hydrogen-bond acceptors (Lipinski definition) is 5. The minimum absolute atomic E-state index is 0.212. The van der Waals surface area contributed by atoms with E-state index in [1.165, 1.54) is 11.8 Å². The van der Waals surface area contributed by atoms with Crippen molar-refractivity contribution < 1.29 is 14.6 Å². The van der Waals surface area contributed by atoms with E-state index in [-0.39, 0.29) is 11.9 Å². The zero-order valence-electron chi connectivity index (χ0n) is 14.1. The van der Waals surface area contributed by atoms with Gasteiger partial charge in [0.15, 0.2) is 0 Å². The van der Waals surface area contributed by atoms with Crippen LogP contribution < -0.4 is 0 Å². The van der Waals surface area contributed by atoms with Crippen molar-refractivity contribution in [1.29, 1.82) is 5.26 Å². The Morgan fingerprint density at radius 2 is 1.92 bits per heavy atom. The average Bonchev–Trinajstić information content (AvgIpc) is 2.97. The SMILES string of the molecule is CCOC(=O)C1SC(c2ccc(Cl)cc2)C(C#N)C1(O)c1ccccc1. The van der Waals surface area contributed by atoms with E-state index < -0.39 is 22.7 Å². The van der Waals surface area contributed by atoms with Gasteiger partial charge >= 0.3 is 5.97 Å². The molecule has 0 saturated carbocycles. The van der Waals surface area contributed by atoms with Crippen molar-refractivity contribution in [3.8, 4) is 6.07 Å². The van der Waals surface area contributed by atoms with Gasteiger partial charge in [0.05, 0.1) is 18.6 Å². The summed E-state index contributed by atoms with van der Waals surface area (Å²) in [6.45, 7) is 1.93. The first kappa shape index (κ1) is 18.8. The van der Waals surface area contributed by atoms with E-state index in [2.05, 4.69) is 6.07 Å². The fourth-order valence-corrected chi connectivity index (χ4v) is 5.13. The Bertz CT molecular complexity index is 821. The average molecular weight is 388 g/mol. The summed E-state index contributed by atoms with van der Waals surface area (Å²) in [5.74, 6) is -1.33. The summed E-state index contributed by atoms with van der Waals surface area (Å²) in [6.07, 6.45) is 0. The van der Waals surface area contributed by atoms with Gasteiger partial charge in [-0.25, -0.2) is 0 Å². The fourth-order valence-electron chi connectivity index (χ4n) is 3.30. The third-order valence-corrected chi connectivity index (χ3v) is 6.45. The van der Waals surface area contributed by atoms with Crippen LogP contribution in [0.1, 0.15) is 23.3 Å². The zero-order valence-corrected chi connectivity index (χ0v) is 15.7. The number of benzene rings is 2. The number of halogens is 1. The largest absolute Gasteiger partial charge is 0.465 e. The van der Waals surface area contributed by atoms with Crippen LogP contribution in [0.3, 0.4) is 0 Å². The highest BCUT2D eigenvalue weighted by molar-refractivity contribution is 8.01. The molecule has 1 aliphatic heterocycles. The number of thioether (sulfide) groups is 1. The molecule has 3 rings (SSSR count). The summed E-state index contributed by atoms with van der Waals surface area (Å²) >= 11 is 7.23. The van der Waals surface area contributed by atoms with Crippen LogP contribution >= 0.6 is 23.4 Å². The highest BCUT2D eigenvalue weighted by Crippen LogP contribution is 2.58. The lowest BCUT2D eigenvalue weighted by molar-refractivity contribution is -0.148. The van der Waals surface area contributed by atoms with Crippen LogP contribution in [0.2, 0.25) is 5.02 Å². The molecule has 6 heteroatoms. The molecular weight excluding hydrogens is 370 g/mol. The van der Waals surface area contributed by atoms with E-state index in [1.54, 1.807) is 43.3 Å². The molecule has 0 amide bonds. The van der Waals surface area contributed by atoms with E-state index >= 15 is 0 Å². The van der Waals surface area contributed by atoms with Crippen molar-refractivity contribution in [2.45, 2.75) is 23.0 Å². The van der Waals surface area contributed by atoms with Gasteiger partial charge in [0, 0.05) is 10.3 Å². The smallest absolute Gasteiger partial charge is 0.322 e. The number of hydrogen-bond donors (Lipinski definition) is 1. The quantitative estimate of drug-likeness (QED) is 0.800. The Morgan fingerprint density at radius 1 is 1.27 bits per heavy atom. The van der Waals surface area contributed by atoms with Crippen LogP contribution in [0, 0.1) is 17.2 Å². The summed E-state index contributed by atoms with van der Waals surface area (Å²) in [6, 6.07) is 18.2. The second-order valence-electron chi connectivity index (χ2n) is 6.04. The highest BCUT2D eigenvalue weighted by atomic mass is 35.5. The number of esters is 1. The molecule has 0 radical (unpaired) electrons. The molecule has 1 heterocycles. The van der Waals surface area contributed by atoms with Gasteiger partial charge in [0.2, 0.25) is 0 Å². The number of nitrogens with zero attached hydrogens (tertiary/aromatic N) is 1. The van der Waals surface area contributed by atoms with Crippen LogP contribution in [-0.4, -0.2) is 22.9 Å². The van der Waals surface area contributed by atoms with Crippen molar-refractivity contribution >= 4 is 29.3 Å². The van der Waals surface area contributed by atoms with Gasteiger partial charge in [-0.15, -0.1) is 11.8 Å².